The third-order valence-electron chi connectivity index (χ3n) is 5.29. The molecule has 0 unspecified atom stereocenters. The van der Waals surface area contributed by atoms with Crippen molar-refractivity contribution < 1.29 is 13.2 Å². The first-order valence-electron chi connectivity index (χ1n) is 10.1. The molecule has 158 valence electrons. The van der Waals surface area contributed by atoms with Gasteiger partial charge in [0.2, 0.25) is 15.9 Å². The van der Waals surface area contributed by atoms with E-state index in [1.165, 1.54) is 0 Å². The van der Waals surface area contributed by atoms with Crippen LogP contribution in [0, 0.1) is 0 Å². The number of rotatable bonds is 7. The number of piperidine rings is 1. The standard InChI is InChI=1S/C21H30N4O3S/c1-17(2)25(16-19-14-22-23(3)15-19)21(26)13-18-7-9-20(10-8-18)29(27,28)24-11-5-4-6-12-24/h7-10,14-15,17H,4-6,11-13,16H2,1-3H3. The van der Waals surface area contributed by atoms with Crippen molar-refractivity contribution in [3.63, 3.8) is 0 Å². The predicted molar refractivity (Wildman–Crippen MR) is 112 cm³/mol. The maximum absolute atomic E-state index is 12.9. The molecule has 2 heterocycles. The van der Waals surface area contributed by atoms with E-state index in [0.29, 0.717) is 24.5 Å². The minimum atomic E-state index is -3.45. The zero-order valence-electron chi connectivity index (χ0n) is 17.4. The van der Waals surface area contributed by atoms with Gasteiger partial charge in [-0.3, -0.25) is 9.48 Å². The molecule has 7 nitrogen and oxygen atoms in total. The summed E-state index contributed by atoms with van der Waals surface area (Å²) in [6.07, 6.45) is 6.81. The largest absolute Gasteiger partial charge is 0.336 e. The SMILES string of the molecule is CC(C)N(Cc1cnn(C)c1)C(=O)Cc1ccc(S(=O)(=O)N2CCCCC2)cc1. The van der Waals surface area contributed by atoms with Crippen LogP contribution in [-0.2, 0) is 34.8 Å². The second-order valence-electron chi connectivity index (χ2n) is 7.92. The van der Waals surface area contributed by atoms with Crippen molar-refractivity contribution >= 4 is 15.9 Å². The van der Waals surface area contributed by atoms with Crippen molar-refractivity contribution in [2.24, 2.45) is 7.05 Å². The minimum absolute atomic E-state index is 0.00971. The Hall–Kier alpha value is -2.19. The van der Waals surface area contributed by atoms with Crippen LogP contribution >= 0.6 is 0 Å². The lowest BCUT2D eigenvalue weighted by molar-refractivity contribution is -0.132. The Balaban J connectivity index is 1.68. The second-order valence-corrected chi connectivity index (χ2v) is 9.86. The molecule has 0 atom stereocenters. The van der Waals surface area contributed by atoms with E-state index in [-0.39, 0.29) is 18.4 Å². The fourth-order valence-corrected chi connectivity index (χ4v) is 5.14. The molecule has 0 bridgehead atoms. The van der Waals surface area contributed by atoms with Gasteiger partial charge >= 0.3 is 0 Å². The molecule has 1 saturated heterocycles. The highest BCUT2D eigenvalue weighted by atomic mass is 32.2. The molecule has 0 spiro atoms. The molecule has 1 aliphatic rings. The lowest BCUT2D eigenvalue weighted by Gasteiger charge is -2.27. The van der Waals surface area contributed by atoms with Gasteiger partial charge in [-0.05, 0) is 44.4 Å². The van der Waals surface area contributed by atoms with Crippen LogP contribution < -0.4 is 0 Å². The zero-order chi connectivity index (χ0) is 21.0. The Labute approximate surface area is 173 Å². The van der Waals surface area contributed by atoms with Crippen LogP contribution in [0.5, 0.6) is 0 Å². The van der Waals surface area contributed by atoms with Crippen LogP contribution in [0.15, 0.2) is 41.6 Å². The molecule has 1 fully saturated rings. The van der Waals surface area contributed by atoms with Gasteiger partial charge in [-0.1, -0.05) is 18.6 Å². The number of carbonyl (C=O) groups is 1. The lowest BCUT2D eigenvalue weighted by Crippen LogP contribution is -2.37. The zero-order valence-corrected chi connectivity index (χ0v) is 18.2. The van der Waals surface area contributed by atoms with Crippen molar-refractivity contribution in [2.45, 2.75) is 57.0 Å². The summed E-state index contributed by atoms with van der Waals surface area (Å²) < 4.78 is 28.8. The molecular formula is C21H30N4O3S. The molecule has 0 radical (unpaired) electrons. The quantitative estimate of drug-likeness (QED) is 0.693. The molecule has 0 aliphatic carbocycles. The van der Waals surface area contributed by atoms with E-state index in [1.807, 2.05) is 32.0 Å². The van der Waals surface area contributed by atoms with Gasteiger partial charge in [-0.2, -0.15) is 9.40 Å². The van der Waals surface area contributed by atoms with E-state index in [2.05, 4.69) is 5.10 Å². The highest BCUT2D eigenvalue weighted by Crippen LogP contribution is 2.21. The molecule has 0 N–H and O–H groups in total. The Kier molecular flexibility index (Phi) is 6.74. The third kappa shape index (κ3) is 5.25. The summed E-state index contributed by atoms with van der Waals surface area (Å²) in [6.45, 7) is 5.65. The monoisotopic (exact) mass is 418 g/mol. The smallest absolute Gasteiger partial charge is 0.243 e. The fraction of sp³-hybridized carbons (Fsp3) is 0.524. The van der Waals surface area contributed by atoms with Gasteiger partial charge in [-0.25, -0.2) is 8.42 Å². The highest BCUT2D eigenvalue weighted by Gasteiger charge is 2.26. The summed E-state index contributed by atoms with van der Waals surface area (Å²) in [4.78, 5) is 15.0. The van der Waals surface area contributed by atoms with Gasteiger partial charge in [0, 0.05) is 44.5 Å². The molecule has 29 heavy (non-hydrogen) atoms. The topological polar surface area (TPSA) is 75.5 Å². The van der Waals surface area contributed by atoms with Crippen LogP contribution in [0.3, 0.4) is 0 Å². The first kappa shape index (κ1) is 21.5. The maximum atomic E-state index is 12.9. The molecule has 0 saturated carbocycles. The Morgan fingerprint density at radius 2 is 1.76 bits per heavy atom. The number of carbonyl (C=O) groups excluding carboxylic acids is 1. The molecule has 2 aromatic rings. The van der Waals surface area contributed by atoms with Crippen LogP contribution in [0.1, 0.15) is 44.2 Å². The predicted octanol–water partition coefficient (Wildman–Crippen LogP) is 2.57. The summed E-state index contributed by atoms with van der Waals surface area (Å²) in [7, 11) is -1.59. The van der Waals surface area contributed by atoms with Crippen molar-refractivity contribution in [2.75, 3.05) is 13.1 Å². The van der Waals surface area contributed by atoms with E-state index in [1.54, 1.807) is 39.4 Å². The van der Waals surface area contributed by atoms with Gasteiger partial charge in [0.05, 0.1) is 17.5 Å². The van der Waals surface area contributed by atoms with Crippen molar-refractivity contribution in [3.8, 4) is 0 Å². The number of benzene rings is 1. The molecule has 1 aromatic heterocycles. The van der Waals surface area contributed by atoms with E-state index in [9.17, 15) is 13.2 Å². The molecule has 1 aliphatic heterocycles. The van der Waals surface area contributed by atoms with Crippen LogP contribution in [0.25, 0.3) is 0 Å². The van der Waals surface area contributed by atoms with Crippen molar-refractivity contribution in [1.29, 1.82) is 0 Å². The number of amides is 1. The van der Waals surface area contributed by atoms with Gasteiger partial charge < -0.3 is 4.90 Å². The summed E-state index contributed by atoms with van der Waals surface area (Å²) in [5.74, 6) is 0.00971. The van der Waals surface area contributed by atoms with Crippen LogP contribution in [0.4, 0.5) is 0 Å². The van der Waals surface area contributed by atoms with E-state index in [0.717, 1.165) is 30.4 Å². The van der Waals surface area contributed by atoms with Crippen molar-refractivity contribution in [1.82, 2.24) is 19.0 Å². The van der Waals surface area contributed by atoms with Crippen LogP contribution in [0.2, 0.25) is 0 Å². The van der Waals surface area contributed by atoms with E-state index < -0.39 is 10.0 Å². The summed E-state index contributed by atoms with van der Waals surface area (Å²) in [5.41, 5.74) is 1.79. The van der Waals surface area contributed by atoms with Gasteiger partial charge in [-0.15, -0.1) is 0 Å². The normalized spacial score (nSPS) is 15.6. The minimum Gasteiger partial charge on any atom is -0.336 e. The number of aromatic nitrogens is 2. The van der Waals surface area contributed by atoms with Gasteiger partial charge in [0.25, 0.3) is 0 Å². The molecule has 8 heteroatoms. The highest BCUT2D eigenvalue weighted by molar-refractivity contribution is 7.89. The Bertz CT molecular complexity index is 929. The summed E-state index contributed by atoms with van der Waals surface area (Å²) in [6, 6.07) is 6.79. The number of aryl methyl sites for hydroxylation is 1. The maximum Gasteiger partial charge on any atom is 0.243 e. The first-order chi connectivity index (χ1) is 13.8. The molecule has 1 aromatic carbocycles. The number of hydrogen-bond donors (Lipinski definition) is 0. The molecule has 1 amide bonds. The van der Waals surface area contributed by atoms with E-state index in [4.69, 9.17) is 0 Å². The third-order valence-corrected chi connectivity index (χ3v) is 7.20. The second kappa shape index (κ2) is 9.09. The first-order valence-corrected chi connectivity index (χ1v) is 11.6. The van der Waals surface area contributed by atoms with Crippen molar-refractivity contribution in [3.05, 3.63) is 47.8 Å². The van der Waals surface area contributed by atoms with E-state index >= 15 is 0 Å². The number of nitrogens with zero attached hydrogens (tertiary/aromatic N) is 4. The fourth-order valence-electron chi connectivity index (χ4n) is 3.62. The number of hydrogen-bond acceptors (Lipinski definition) is 4. The van der Waals surface area contributed by atoms with Gasteiger partial charge in [0.15, 0.2) is 0 Å². The molecular weight excluding hydrogens is 388 g/mol. The summed E-state index contributed by atoms with van der Waals surface area (Å²) in [5, 5.41) is 4.16. The van der Waals surface area contributed by atoms with Crippen LogP contribution in [-0.4, -0.2) is 52.4 Å². The molecule has 3 rings (SSSR count). The van der Waals surface area contributed by atoms with Gasteiger partial charge in [0.1, 0.15) is 0 Å². The Morgan fingerprint density at radius 1 is 1.10 bits per heavy atom. The summed E-state index contributed by atoms with van der Waals surface area (Å²) >= 11 is 0. The Morgan fingerprint density at radius 3 is 2.31 bits per heavy atom. The average molecular weight is 419 g/mol. The number of sulfonamides is 1. The lowest BCUT2D eigenvalue weighted by atomic mass is 10.1. The average Bonchev–Trinajstić information content (AvgIpc) is 3.12.